The van der Waals surface area contributed by atoms with Crippen molar-refractivity contribution < 1.29 is 38.1 Å². The Bertz CT molecular complexity index is 614. The molecule has 1 aliphatic heterocycles. The third-order valence-corrected chi connectivity index (χ3v) is 3.51. The topological polar surface area (TPSA) is 97.4 Å². The van der Waals surface area contributed by atoms with Crippen LogP contribution in [0, 0.1) is 0 Å². The second-order valence-electron chi connectivity index (χ2n) is 5.39. The van der Waals surface area contributed by atoms with Crippen LogP contribution in [-0.4, -0.2) is 56.2 Å². The molecule has 1 unspecified atom stereocenters. The summed E-state index contributed by atoms with van der Waals surface area (Å²) < 4.78 is 26.2. The van der Waals surface area contributed by atoms with E-state index in [-0.39, 0.29) is 6.61 Å². The van der Waals surface area contributed by atoms with Gasteiger partial charge in [0.1, 0.15) is 18.8 Å². The molecular weight excluding hydrogens is 332 g/mol. The molecule has 1 saturated heterocycles. The summed E-state index contributed by atoms with van der Waals surface area (Å²) in [7, 11) is 1.40. The van der Waals surface area contributed by atoms with Gasteiger partial charge in [-0.2, -0.15) is 0 Å². The van der Waals surface area contributed by atoms with E-state index in [0.717, 1.165) is 0 Å². The van der Waals surface area contributed by atoms with Crippen molar-refractivity contribution >= 4 is 17.9 Å². The van der Waals surface area contributed by atoms with Crippen LogP contribution in [0.1, 0.15) is 24.2 Å². The summed E-state index contributed by atoms with van der Waals surface area (Å²) in [5, 5.41) is 0. The Morgan fingerprint density at radius 2 is 1.64 bits per heavy atom. The highest BCUT2D eigenvalue weighted by molar-refractivity contribution is 5.89. The van der Waals surface area contributed by atoms with Crippen LogP contribution in [0.4, 0.5) is 0 Å². The van der Waals surface area contributed by atoms with E-state index < -0.39 is 42.5 Å². The van der Waals surface area contributed by atoms with Crippen LogP contribution >= 0.6 is 0 Å². The predicted molar refractivity (Wildman–Crippen MR) is 83.5 cm³/mol. The van der Waals surface area contributed by atoms with Crippen LogP contribution in [0.5, 0.6) is 0 Å². The summed E-state index contributed by atoms with van der Waals surface area (Å²) in [5.41, 5.74) is 0.391. The fourth-order valence-electron chi connectivity index (χ4n) is 2.50. The maximum atomic E-state index is 12.0. The highest BCUT2D eigenvalue weighted by Crippen LogP contribution is 2.28. The van der Waals surface area contributed by atoms with Gasteiger partial charge in [0.25, 0.3) is 0 Å². The molecule has 4 atom stereocenters. The highest BCUT2D eigenvalue weighted by atomic mass is 16.7. The van der Waals surface area contributed by atoms with Gasteiger partial charge in [0, 0.05) is 21.0 Å². The minimum absolute atomic E-state index is 0.151. The fraction of sp³-hybridized carbons (Fsp3) is 0.471. The van der Waals surface area contributed by atoms with Gasteiger partial charge in [-0.05, 0) is 12.1 Å². The molecule has 0 amide bonds. The average Bonchev–Trinajstić information content (AvgIpc) is 2.88. The fourth-order valence-corrected chi connectivity index (χ4v) is 2.50. The van der Waals surface area contributed by atoms with Crippen LogP contribution in [0.25, 0.3) is 0 Å². The van der Waals surface area contributed by atoms with Crippen molar-refractivity contribution in [3.63, 3.8) is 0 Å². The van der Waals surface area contributed by atoms with Crippen LogP contribution in [-0.2, 0) is 33.3 Å². The summed E-state index contributed by atoms with van der Waals surface area (Å²) in [4.78, 5) is 34.5. The van der Waals surface area contributed by atoms with Crippen LogP contribution in [0.2, 0.25) is 0 Å². The van der Waals surface area contributed by atoms with Crippen molar-refractivity contribution in [1.29, 1.82) is 0 Å². The molecule has 1 aromatic rings. The SMILES string of the molecule is CO[C@@H]1C(OC(C)=O)[C@H](OC(C)=O)O[C@@H]1COC(=O)c1ccccc1. The molecule has 1 heterocycles. The third kappa shape index (κ3) is 5.01. The molecule has 0 N–H and O–H groups in total. The Labute approximate surface area is 144 Å². The predicted octanol–water partition coefficient (Wildman–Crippen LogP) is 1.08. The number of carbonyl (C=O) groups is 3. The summed E-state index contributed by atoms with van der Waals surface area (Å²) >= 11 is 0. The van der Waals surface area contributed by atoms with Gasteiger partial charge >= 0.3 is 17.9 Å². The van der Waals surface area contributed by atoms with Gasteiger partial charge in [-0.25, -0.2) is 4.79 Å². The lowest BCUT2D eigenvalue weighted by Crippen LogP contribution is -2.40. The van der Waals surface area contributed by atoms with E-state index in [1.54, 1.807) is 30.3 Å². The lowest BCUT2D eigenvalue weighted by atomic mass is 10.1. The van der Waals surface area contributed by atoms with Gasteiger partial charge in [-0.15, -0.1) is 0 Å². The Morgan fingerprint density at radius 1 is 1.00 bits per heavy atom. The summed E-state index contributed by atoms with van der Waals surface area (Å²) in [5.74, 6) is -1.70. The van der Waals surface area contributed by atoms with Crippen molar-refractivity contribution in [2.24, 2.45) is 0 Å². The zero-order valence-electron chi connectivity index (χ0n) is 14.2. The van der Waals surface area contributed by atoms with Gasteiger partial charge in [-0.1, -0.05) is 18.2 Å². The molecule has 25 heavy (non-hydrogen) atoms. The monoisotopic (exact) mass is 352 g/mol. The second kappa shape index (κ2) is 8.59. The molecule has 0 aromatic heterocycles. The highest BCUT2D eigenvalue weighted by Gasteiger charge is 2.49. The molecule has 0 radical (unpaired) electrons. The molecule has 0 bridgehead atoms. The molecular formula is C17H20O8. The normalized spacial score (nSPS) is 25.2. The van der Waals surface area contributed by atoms with Crippen molar-refractivity contribution in [3.05, 3.63) is 35.9 Å². The minimum Gasteiger partial charge on any atom is -0.459 e. The first kappa shape index (κ1) is 18.9. The number of benzene rings is 1. The number of rotatable bonds is 6. The Hall–Kier alpha value is -2.45. The molecule has 8 heteroatoms. The van der Waals surface area contributed by atoms with E-state index >= 15 is 0 Å². The van der Waals surface area contributed by atoms with Crippen LogP contribution in [0.15, 0.2) is 30.3 Å². The summed E-state index contributed by atoms with van der Waals surface area (Å²) in [6.45, 7) is 2.28. The number of hydrogen-bond acceptors (Lipinski definition) is 8. The van der Waals surface area contributed by atoms with E-state index in [0.29, 0.717) is 5.56 Å². The summed E-state index contributed by atoms with van der Waals surface area (Å²) in [6.07, 6.45) is -3.60. The number of hydrogen-bond donors (Lipinski definition) is 0. The standard InChI is InChI=1S/C17H20O8/c1-10(18)23-15-14(21-3)13(25-17(15)24-11(2)19)9-22-16(20)12-7-5-4-6-8-12/h4-8,13-15,17H,9H2,1-3H3/t13-,14+,15?,17-/m1/s1. The van der Waals surface area contributed by atoms with Crippen molar-refractivity contribution in [2.45, 2.75) is 38.4 Å². The molecule has 1 fully saturated rings. The molecule has 136 valence electrons. The van der Waals surface area contributed by atoms with Gasteiger partial charge < -0.3 is 23.7 Å². The van der Waals surface area contributed by atoms with E-state index in [4.69, 9.17) is 23.7 Å². The lowest BCUT2D eigenvalue weighted by molar-refractivity contribution is -0.196. The van der Waals surface area contributed by atoms with Crippen LogP contribution < -0.4 is 0 Å². The molecule has 0 spiro atoms. The molecule has 0 aliphatic carbocycles. The first-order valence-corrected chi connectivity index (χ1v) is 7.67. The number of methoxy groups -OCH3 is 1. The quantitative estimate of drug-likeness (QED) is 0.554. The van der Waals surface area contributed by atoms with Crippen molar-refractivity contribution in [1.82, 2.24) is 0 Å². The number of carbonyl (C=O) groups excluding carboxylic acids is 3. The molecule has 2 rings (SSSR count). The van der Waals surface area contributed by atoms with E-state index in [2.05, 4.69) is 0 Å². The van der Waals surface area contributed by atoms with E-state index in [9.17, 15) is 14.4 Å². The Morgan fingerprint density at radius 3 is 2.20 bits per heavy atom. The van der Waals surface area contributed by atoms with Crippen LogP contribution in [0.3, 0.4) is 0 Å². The average molecular weight is 352 g/mol. The smallest absolute Gasteiger partial charge is 0.338 e. The first-order chi connectivity index (χ1) is 11.9. The Kier molecular flexibility index (Phi) is 6.49. The zero-order chi connectivity index (χ0) is 18.4. The molecule has 0 saturated carbocycles. The molecule has 1 aliphatic rings. The number of ether oxygens (including phenoxy) is 5. The molecule has 1 aromatic carbocycles. The Balaban J connectivity index is 2.04. The summed E-state index contributed by atoms with van der Waals surface area (Å²) in [6, 6.07) is 8.46. The molecule has 8 nitrogen and oxygen atoms in total. The minimum atomic E-state index is -1.13. The number of esters is 3. The lowest BCUT2D eigenvalue weighted by Gasteiger charge is -2.21. The van der Waals surface area contributed by atoms with E-state index in [1.165, 1.54) is 21.0 Å². The van der Waals surface area contributed by atoms with E-state index in [1.807, 2.05) is 0 Å². The van der Waals surface area contributed by atoms with Gasteiger partial charge in [0.15, 0.2) is 6.10 Å². The van der Waals surface area contributed by atoms with Crippen molar-refractivity contribution in [3.8, 4) is 0 Å². The maximum Gasteiger partial charge on any atom is 0.338 e. The van der Waals surface area contributed by atoms with Crippen molar-refractivity contribution in [2.75, 3.05) is 13.7 Å². The zero-order valence-corrected chi connectivity index (χ0v) is 14.2. The van der Waals surface area contributed by atoms with Gasteiger partial charge in [0.05, 0.1) is 5.56 Å². The first-order valence-electron chi connectivity index (χ1n) is 7.67. The second-order valence-corrected chi connectivity index (χ2v) is 5.39. The third-order valence-electron chi connectivity index (χ3n) is 3.51. The van der Waals surface area contributed by atoms with Gasteiger partial charge in [0.2, 0.25) is 6.29 Å². The maximum absolute atomic E-state index is 12.0. The van der Waals surface area contributed by atoms with Gasteiger partial charge in [-0.3, -0.25) is 9.59 Å². The largest absolute Gasteiger partial charge is 0.459 e.